The van der Waals surface area contributed by atoms with Crippen molar-refractivity contribution in [3.05, 3.63) is 23.5 Å². The minimum atomic E-state index is -3.53. The van der Waals surface area contributed by atoms with E-state index in [1.807, 2.05) is 13.0 Å². The topological polar surface area (TPSA) is 94.2 Å². The number of nitrogens with two attached hydrogens (primary N) is 1. The van der Waals surface area contributed by atoms with E-state index in [1.54, 1.807) is 17.7 Å². The summed E-state index contributed by atoms with van der Waals surface area (Å²) < 4.78 is 23.0. The Kier molecular flexibility index (Phi) is 3.71. The number of sulfonamides is 1. The monoisotopic (exact) mass is 245 g/mol. The number of nitrogens with zero attached hydrogens (tertiary/aromatic N) is 1. The summed E-state index contributed by atoms with van der Waals surface area (Å²) in [7, 11) is -1.76. The van der Waals surface area contributed by atoms with E-state index < -0.39 is 10.0 Å². The molecule has 0 saturated carbocycles. The molecular formula is C9H15N3O3S. The second-order valence-corrected chi connectivity index (χ2v) is 5.28. The summed E-state index contributed by atoms with van der Waals surface area (Å²) in [5.41, 5.74) is 1.45. The van der Waals surface area contributed by atoms with Gasteiger partial charge in [0.05, 0.1) is 5.75 Å². The number of amides is 1. The lowest BCUT2D eigenvalue weighted by Gasteiger charge is -2.06. The molecule has 0 saturated heterocycles. The smallest absolute Gasteiger partial charge is 0.267 e. The summed E-state index contributed by atoms with van der Waals surface area (Å²) in [6.45, 7) is 1.89. The maximum atomic E-state index is 11.6. The van der Waals surface area contributed by atoms with Crippen LogP contribution in [-0.4, -0.2) is 31.2 Å². The van der Waals surface area contributed by atoms with Crippen LogP contribution >= 0.6 is 0 Å². The van der Waals surface area contributed by atoms with Crippen LogP contribution in [0.5, 0.6) is 0 Å². The molecule has 1 aromatic rings. The van der Waals surface area contributed by atoms with Crippen molar-refractivity contribution in [2.75, 3.05) is 12.3 Å². The van der Waals surface area contributed by atoms with E-state index in [9.17, 15) is 13.2 Å². The fourth-order valence-corrected chi connectivity index (χ4v) is 1.63. The van der Waals surface area contributed by atoms with Crippen LogP contribution in [0.1, 0.15) is 16.2 Å². The average Bonchev–Trinajstić information content (AvgIpc) is 2.45. The highest BCUT2D eigenvalue weighted by atomic mass is 32.2. The first-order valence-electron chi connectivity index (χ1n) is 4.72. The van der Waals surface area contributed by atoms with Crippen molar-refractivity contribution in [3.63, 3.8) is 0 Å². The van der Waals surface area contributed by atoms with Gasteiger partial charge in [0, 0.05) is 19.3 Å². The molecule has 0 fully saturated rings. The van der Waals surface area contributed by atoms with Gasteiger partial charge in [0.25, 0.3) is 5.91 Å². The molecule has 0 aliphatic heterocycles. The van der Waals surface area contributed by atoms with E-state index in [0.717, 1.165) is 5.69 Å². The first-order valence-corrected chi connectivity index (χ1v) is 6.44. The third-order valence-corrected chi connectivity index (χ3v) is 3.05. The predicted octanol–water partition coefficient (Wildman–Crippen LogP) is -0.648. The number of carbonyl (C=O) groups is 1. The molecule has 0 radical (unpaired) electrons. The maximum absolute atomic E-state index is 11.6. The Morgan fingerprint density at radius 3 is 2.56 bits per heavy atom. The van der Waals surface area contributed by atoms with Gasteiger partial charge in [-0.3, -0.25) is 4.79 Å². The van der Waals surface area contributed by atoms with Crippen molar-refractivity contribution < 1.29 is 13.2 Å². The molecule has 0 spiro atoms. The summed E-state index contributed by atoms with van der Waals surface area (Å²) in [4.78, 5) is 11.6. The van der Waals surface area contributed by atoms with Crippen molar-refractivity contribution in [2.45, 2.75) is 6.92 Å². The van der Waals surface area contributed by atoms with E-state index in [1.165, 1.54) is 0 Å². The van der Waals surface area contributed by atoms with Crippen LogP contribution in [0.15, 0.2) is 12.1 Å². The molecule has 0 bridgehead atoms. The summed E-state index contributed by atoms with van der Waals surface area (Å²) in [6, 6.07) is 3.50. The van der Waals surface area contributed by atoms with E-state index >= 15 is 0 Å². The Hall–Kier alpha value is -1.34. The Morgan fingerprint density at radius 2 is 2.12 bits per heavy atom. The zero-order valence-electron chi connectivity index (χ0n) is 9.23. The largest absolute Gasteiger partial charge is 0.350 e. The number of hydrogen-bond donors (Lipinski definition) is 2. The quantitative estimate of drug-likeness (QED) is 0.738. The van der Waals surface area contributed by atoms with Crippen molar-refractivity contribution in [3.8, 4) is 0 Å². The number of rotatable bonds is 4. The van der Waals surface area contributed by atoms with E-state index in [2.05, 4.69) is 5.32 Å². The second kappa shape index (κ2) is 4.67. The Labute approximate surface area is 94.5 Å². The van der Waals surface area contributed by atoms with Gasteiger partial charge in [0.1, 0.15) is 5.69 Å². The summed E-state index contributed by atoms with van der Waals surface area (Å²) in [5.74, 6) is -0.568. The second-order valence-electron chi connectivity index (χ2n) is 3.54. The Balaban J connectivity index is 2.57. The predicted molar refractivity (Wildman–Crippen MR) is 60.5 cm³/mol. The number of primary sulfonamides is 1. The Bertz CT molecular complexity index is 490. The van der Waals surface area contributed by atoms with Gasteiger partial charge in [-0.25, -0.2) is 13.6 Å². The number of hydrogen-bond acceptors (Lipinski definition) is 3. The summed E-state index contributed by atoms with van der Waals surface area (Å²) >= 11 is 0. The van der Waals surface area contributed by atoms with Crippen LogP contribution in [-0.2, 0) is 17.1 Å². The van der Waals surface area contributed by atoms with E-state index in [4.69, 9.17) is 5.14 Å². The van der Waals surface area contributed by atoms with Gasteiger partial charge in [0.2, 0.25) is 10.0 Å². The zero-order chi connectivity index (χ0) is 12.3. The molecule has 0 unspecified atom stereocenters. The molecule has 1 amide bonds. The van der Waals surface area contributed by atoms with Crippen LogP contribution < -0.4 is 10.5 Å². The van der Waals surface area contributed by atoms with E-state index in [0.29, 0.717) is 5.69 Å². The molecule has 7 heteroatoms. The highest BCUT2D eigenvalue weighted by Gasteiger charge is 2.11. The molecule has 0 atom stereocenters. The number of nitrogens with one attached hydrogen (secondary N) is 1. The molecule has 0 aliphatic rings. The van der Waals surface area contributed by atoms with Crippen LogP contribution in [0, 0.1) is 6.92 Å². The van der Waals surface area contributed by atoms with Crippen LogP contribution in [0.3, 0.4) is 0 Å². The van der Waals surface area contributed by atoms with Crippen LogP contribution in [0.25, 0.3) is 0 Å². The fourth-order valence-electron chi connectivity index (χ4n) is 1.24. The van der Waals surface area contributed by atoms with Crippen molar-refractivity contribution in [1.82, 2.24) is 9.88 Å². The molecule has 0 aromatic carbocycles. The van der Waals surface area contributed by atoms with E-state index in [-0.39, 0.29) is 18.2 Å². The summed E-state index contributed by atoms with van der Waals surface area (Å²) in [5, 5.41) is 7.30. The SMILES string of the molecule is Cc1ccc(C(=O)NCCS(N)(=O)=O)n1C. The maximum Gasteiger partial charge on any atom is 0.267 e. The molecule has 0 aliphatic carbocycles. The van der Waals surface area contributed by atoms with Crippen LogP contribution in [0.4, 0.5) is 0 Å². The van der Waals surface area contributed by atoms with Gasteiger partial charge in [-0.15, -0.1) is 0 Å². The third-order valence-electron chi connectivity index (χ3n) is 2.28. The highest BCUT2D eigenvalue weighted by Crippen LogP contribution is 2.05. The summed E-state index contributed by atoms with van der Waals surface area (Å²) in [6.07, 6.45) is 0. The highest BCUT2D eigenvalue weighted by molar-refractivity contribution is 7.89. The van der Waals surface area contributed by atoms with Gasteiger partial charge >= 0.3 is 0 Å². The molecule has 1 aromatic heterocycles. The van der Waals surface area contributed by atoms with Gasteiger partial charge in [0.15, 0.2) is 0 Å². The average molecular weight is 245 g/mol. The normalized spacial score (nSPS) is 11.4. The number of aryl methyl sites for hydroxylation is 1. The third kappa shape index (κ3) is 3.35. The minimum Gasteiger partial charge on any atom is -0.350 e. The number of aromatic nitrogens is 1. The standard InChI is InChI=1S/C9H15N3O3S/c1-7-3-4-8(12(7)2)9(13)11-5-6-16(10,14)15/h3-4H,5-6H2,1-2H3,(H,11,13)(H2,10,14,15). The molecule has 1 heterocycles. The number of carbonyl (C=O) groups excluding carboxylic acids is 1. The molecule has 16 heavy (non-hydrogen) atoms. The van der Waals surface area contributed by atoms with Crippen molar-refractivity contribution in [2.24, 2.45) is 12.2 Å². The first kappa shape index (κ1) is 12.7. The molecule has 1 rings (SSSR count). The lowest BCUT2D eigenvalue weighted by Crippen LogP contribution is -2.32. The van der Waals surface area contributed by atoms with Crippen molar-refractivity contribution >= 4 is 15.9 Å². The van der Waals surface area contributed by atoms with Crippen LogP contribution in [0.2, 0.25) is 0 Å². The molecule has 90 valence electrons. The van der Waals surface area contributed by atoms with Gasteiger partial charge in [-0.2, -0.15) is 0 Å². The van der Waals surface area contributed by atoms with Gasteiger partial charge in [-0.05, 0) is 19.1 Å². The first-order chi connectivity index (χ1) is 7.31. The zero-order valence-corrected chi connectivity index (χ0v) is 10.0. The fraction of sp³-hybridized carbons (Fsp3) is 0.444. The molecule has 3 N–H and O–H groups in total. The van der Waals surface area contributed by atoms with Gasteiger partial charge in [-0.1, -0.05) is 0 Å². The lowest BCUT2D eigenvalue weighted by molar-refractivity contribution is 0.0948. The molecule has 6 nitrogen and oxygen atoms in total. The van der Waals surface area contributed by atoms with Gasteiger partial charge < -0.3 is 9.88 Å². The minimum absolute atomic E-state index is 0.0158. The molecular weight excluding hydrogens is 230 g/mol. The Morgan fingerprint density at radius 1 is 1.50 bits per heavy atom. The lowest BCUT2D eigenvalue weighted by atomic mass is 10.4. The van der Waals surface area contributed by atoms with Crippen molar-refractivity contribution in [1.29, 1.82) is 0 Å².